The Balaban J connectivity index is 2.68. The summed E-state index contributed by atoms with van der Waals surface area (Å²) in [6, 6.07) is 3.09. The number of allylic oxidation sites excluding steroid dienone is 2. The number of hydrogen-bond acceptors (Lipinski definition) is 4. The van der Waals surface area contributed by atoms with Crippen molar-refractivity contribution in [2.45, 2.75) is 6.92 Å². The molecule has 0 saturated heterocycles. The molecular weight excluding hydrogens is 288 g/mol. The maximum atomic E-state index is 11.7. The summed E-state index contributed by atoms with van der Waals surface area (Å²) in [4.78, 5) is 34.3. The van der Waals surface area contributed by atoms with E-state index in [2.05, 4.69) is 15.9 Å². The van der Waals surface area contributed by atoms with Crippen molar-refractivity contribution >= 4 is 33.5 Å². The summed E-state index contributed by atoms with van der Waals surface area (Å²) in [5.74, 6) is -1.08. The highest BCUT2D eigenvalue weighted by Gasteiger charge is 2.25. The largest absolute Gasteiger partial charge is 0.425 e. The maximum absolute atomic E-state index is 11.7. The van der Waals surface area contributed by atoms with E-state index in [1.807, 2.05) is 0 Å². The van der Waals surface area contributed by atoms with Crippen molar-refractivity contribution < 1.29 is 19.1 Å². The van der Waals surface area contributed by atoms with Crippen LogP contribution in [0.3, 0.4) is 0 Å². The van der Waals surface area contributed by atoms with Gasteiger partial charge in [-0.2, -0.15) is 0 Å². The number of benzene rings is 1. The van der Waals surface area contributed by atoms with Crippen LogP contribution in [-0.4, -0.2) is 17.5 Å². The highest BCUT2D eigenvalue weighted by molar-refractivity contribution is 9.10. The second kappa shape index (κ2) is 4.25. The van der Waals surface area contributed by atoms with E-state index in [9.17, 15) is 14.4 Å². The van der Waals surface area contributed by atoms with Gasteiger partial charge in [-0.25, -0.2) is 0 Å². The predicted octanol–water partition coefficient (Wildman–Crippen LogP) is 2.31. The quantitative estimate of drug-likeness (QED) is 0.589. The minimum absolute atomic E-state index is 0.0951. The number of hydrogen-bond donors (Lipinski definition) is 0. The number of ether oxygens (including phenoxy) is 1. The Kier molecular flexibility index (Phi) is 2.93. The van der Waals surface area contributed by atoms with Crippen LogP contribution in [0.25, 0.3) is 0 Å². The van der Waals surface area contributed by atoms with Crippen molar-refractivity contribution in [3.05, 3.63) is 39.9 Å². The van der Waals surface area contributed by atoms with Gasteiger partial charge < -0.3 is 4.74 Å². The minimum atomic E-state index is -0.547. The van der Waals surface area contributed by atoms with Crippen LogP contribution >= 0.6 is 15.9 Å². The first kappa shape index (κ1) is 11.7. The molecule has 0 N–H and O–H groups in total. The third-order valence-corrected chi connectivity index (χ3v) is 2.88. The molecule has 1 aliphatic carbocycles. The van der Waals surface area contributed by atoms with Crippen molar-refractivity contribution in [3.8, 4) is 5.75 Å². The molecule has 1 aliphatic rings. The number of esters is 1. The van der Waals surface area contributed by atoms with Gasteiger partial charge >= 0.3 is 5.97 Å². The standard InChI is InChI=1S/C12H7BrO4/c1-6(14)17-12-8(13)3-2-7-9(15)4-5-10(16)11(7)12/h2-5H,1H3. The summed E-state index contributed by atoms with van der Waals surface area (Å²) in [7, 11) is 0. The number of carbonyl (C=O) groups is 3. The smallest absolute Gasteiger partial charge is 0.308 e. The molecule has 0 unspecified atom stereocenters. The molecule has 0 amide bonds. The van der Waals surface area contributed by atoms with Crippen LogP contribution in [-0.2, 0) is 4.79 Å². The fourth-order valence-electron chi connectivity index (χ4n) is 1.58. The van der Waals surface area contributed by atoms with Gasteiger partial charge in [0.2, 0.25) is 0 Å². The van der Waals surface area contributed by atoms with Crippen LogP contribution in [0.5, 0.6) is 5.75 Å². The molecule has 5 heteroatoms. The van der Waals surface area contributed by atoms with Crippen LogP contribution in [0.2, 0.25) is 0 Å². The summed E-state index contributed by atoms with van der Waals surface area (Å²) in [5.41, 5.74) is 0.374. The number of ketones is 2. The highest BCUT2D eigenvalue weighted by atomic mass is 79.9. The molecule has 86 valence electrons. The van der Waals surface area contributed by atoms with E-state index in [1.165, 1.54) is 25.1 Å². The van der Waals surface area contributed by atoms with Gasteiger partial charge in [-0.15, -0.1) is 0 Å². The summed E-state index contributed by atoms with van der Waals surface area (Å²) >= 11 is 3.19. The van der Waals surface area contributed by atoms with Crippen molar-refractivity contribution in [2.75, 3.05) is 0 Å². The van der Waals surface area contributed by atoms with E-state index in [4.69, 9.17) is 4.74 Å². The third-order valence-electron chi connectivity index (χ3n) is 2.25. The molecule has 0 atom stereocenters. The van der Waals surface area contributed by atoms with Gasteiger partial charge in [-0.05, 0) is 40.2 Å². The molecule has 1 aromatic carbocycles. The Hall–Kier alpha value is -1.75. The highest BCUT2D eigenvalue weighted by Crippen LogP contribution is 2.34. The lowest BCUT2D eigenvalue weighted by molar-refractivity contribution is -0.131. The number of fused-ring (bicyclic) bond motifs is 1. The van der Waals surface area contributed by atoms with Gasteiger partial charge in [0.15, 0.2) is 17.3 Å². The van der Waals surface area contributed by atoms with E-state index < -0.39 is 5.97 Å². The Morgan fingerprint density at radius 2 is 1.82 bits per heavy atom. The lowest BCUT2D eigenvalue weighted by atomic mass is 9.94. The fourth-order valence-corrected chi connectivity index (χ4v) is 1.99. The van der Waals surface area contributed by atoms with Crippen molar-refractivity contribution in [1.82, 2.24) is 0 Å². The van der Waals surface area contributed by atoms with Crippen LogP contribution in [0.15, 0.2) is 28.8 Å². The Labute approximate surface area is 105 Å². The van der Waals surface area contributed by atoms with E-state index in [0.29, 0.717) is 4.47 Å². The van der Waals surface area contributed by atoms with E-state index >= 15 is 0 Å². The zero-order valence-electron chi connectivity index (χ0n) is 8.82. The van der Waals surface area contributed by atoms with Gasteiger partial charge in [-0.1, -0.05) is 0 Å². The first-order valence-corrected chi connectivity index (χ1v) is 5.57. The number of carbonyl (C=O) groups excluding carboxylic acids is 3. The number of halogens is 1. The van der Waals surface area contributed by atoms with Gasteiger partial charge in [0.25, 0.3) is 0 Å². The summed E-state index contributed by atoms with van der Waals surface area (Å²) in [6.45, 7) is 1.23. The Bertz CT molecular complexity index is 572. The molecule has 0 bridgehead atoms. The zero-order chi connectivity index (χ0) is 12.6. The van der Waals surface area contributed by atoms with Crippen molar-refractivity contribution in [1.29, 1.82) is 0 Å². The molecule has 1 aromatic rings. The molecule has 0 radical (unpaired) electrons. The maximum Gasteiger partial charge on any atom is 0.308 e. The first-order valence-electron chi connectivity index (χ1n) is 4.78. The predicted molar refractivity (Wildman–Crippen MR) is 63.3 cm³/mol. The lowest BCUT2D eigenvalue weighted by Crippen LogP contribution is -2.15. The van der Waals surface area contributed by atoms with Gasteiger partial charge in [0.1, 0.15) is 0 Å². The summed E-state index contributed by atoms with van der Waals surface area (Å²) in [5, 5.41) is 0. The minimum Gasteiger partial charge on any atom is -0.425 e. The van der Waals surface area contributed by atoms with Crippen molar-refractivity contribution in [2.24, 2.45) is 0 Å². The van der Waals surface area contributed by atoms with E-state index in [0.717, 1.165) is 0 Å². The average molecular weight is 295 g/mol. The third kappa shape index (κ3) is 2.06. The molecule has 0 heterocycles. The van der Waals surface area contributed by atoms with Crippen molar-refractivity contribution in [3.63, 3.8) is 0 Å². The average Bonchev–Trinajstić information content (AvgIpc) is 2.26. The molecule has 0 aliphatic heterocycles. The molecule has 17 heavy (non-hydrogen) atoms. The topological polar surface area (TPSA) is 60.4 Å². The van der Waals surface area contributed by atoms with E-state index in [1.54, 1.807) is 6.07 Å². The van der Waals surface area contributed by atoms with Crippen LogP contribution in [0.1, 0.15) is 27.6 Å². The molecular formula is C12H7BrO4. The molecule has 0 aromatic heterocycles. The second-order valence-corrected chi connectivity index (χ2v) is 4.31. The first-order chi connectivity index (χ1) is 8.00. The van der Waals surface area contributed by atoms with Crippen LogP contribution in [0.4, 0.5) is 0 Å². The Morgan fingerprint density at radius 1 is 1.18 bits per heavy atom. The second-order valence-electron chi connectivity index (χ2n) is 3.45. The van der Waals surface area contributed by atoms with Gasteiger partial charge in [0, 0.05) is 12.5 Å². The molecule has 0 fully saturated rings. The fraction of sp³-hybridized carbons (Fsp3) is 0.0833. The molecule has 2 rings (SSSR count). The van der Waals surface area contributed by atoms with Crippen LogP contribution in [0, 0.1) is 0 Å². The van der Waals surface area contributed by atoms with E-state index in [-0.39, 0.29) is 28.4 Å². The molecule has 4 nitrogen and oxygen atoms in total. The zero-order valence-corrected chi connectivity index (χ0v) is 10.4. The Morgan fingerprint density at radius 3 is 2.47 bits per heavy atom. The SMILES string of the molecule is CC(=O)Oc1c(Br)ccc2c1C(=O)C=CC2=O. The lowest BCUT2D eigenvalue weighted by Gasteiger charge is -2.14. The summed E-state index contributed by atoms with van der Waals surface area (Å²) < 4.78 is 5.43. The molecule has 0 saturated carbocycles. The van der Waals surface area contributed by atoms with Crippen LogP contribution < -0.4 is 4.74 Å². The summed E-state index contributed by atoms with van der Waals surface area (Å²) in [6.07, 6.45) is 2.38. The van der Waals surface area contributed by atoms with Gasteiger partial charge in [-0.3, -0.25) is 14.4 Å². The van der Waals surface area contributed by atoms with Gasteiger partial charge in [0.05, 0.1) is 10.0 Å². The molecule has 0 spiro atoms. The normalized spacial score (nSPS) is 13.5. The monoisotopic (exact) mass is 294 g/mol. The number of rotatable bonds is 1.